The van der Waals surface area contributed by atoms with Crippen molar-refractivity contribution in [3.63, 3.8) is 0 Å². The molecule has 1 amide bonds. The van der Waals surface area contributed by atoms with Gasteiger partial charge in [0.05, 0.1) is 6.26 Å². The van der Waals surface area contributed by atoms with E-state index in [1.54, 1.807) is 6.26 Å². The monoisotopic (exact) mass is 327 g/mol. The molecule has 0 aliphatic carbocycles. The zero-order chi connectivity index (χ0) is 17.1. The Hall–Kier alpha value is -2.27. The molecule has 5 nitrogen and oxygen atoms in total. The van der Waals surface area contributed by atoms with Gasteiger partial charge < -0.3 is 20.0 Å². The van der Waals surface area contributed by atoms with Gasteiger partial charge in [0.15, 0.2) is 5.76 Å². The van der Waals surface area contributed by atoms with Crippen LogP contribution in [0.3, 0.4) is 0 Å². The molecule has 5 heteroatoms. The summed E-state index contributed by atoms with van der Waals surface area (Å²) in [4.78, 5) is 14.7. The lowest BCUT2D eigenvalue weighted by Gasteiger charge is -2.24. The van der Waals surface area contributed by atoms with Crippen LogP contribution in [0.1, 0.15) is 35.5 Å². The van der Waals surface area contributed by atoms with Gasteiger partial charge in [0.2, 0.25) is 0 Å². The van der Waals surface area contributed by atoms with Crippen LogP contribution in [-0.2, 0) is 13.0 Å². The topological polar surface area (TPSA) is 57.5 Å². The van der Waals surface area contributed by atoms with E-state index in [9.17, 15) is 4.79 Å². The number of furan rings is 1. The normalized spacial score (nSPS) is 17.6. The molecule has 2 N–H and O–H groups in total. The predicted molar refractivity (Wildman–Crippen MR) is 95.4 cm³/mol. The number of carbonyl (C=O) groups is 1. The van der Waals surface area contributed by atoms with Crippen molar-refractivity contribution in [3.05, 3.63) is 53.5 Å². The minimum Gasteiger partial charge on any atom is -0.459 e. The van der Waals surface area contributed by atoms with Gasteiger partial charge >= 0.3 is 0 Å². The zero-order valence-corrected chi connectivity index (χ0v) is 14.5. The number of anilines is 1. The molecule has 1 aromatic heterocycles. The van der Waals surface area contributed by atoms with Crippen LogP contribution in [0.5, 0.6) is 0 Å². The Morgan fingerprint density at radius 1 is 1.38 bits per heavy atom. The van der Waals surface area contributed by atoms with Crippen molar-refractivity contribution < 1.29 is 9.21 Å². The standard InChI is InChI=1S/C19H25N3O2/c1-13(20-3)11-21-19(23)18-16(8-9-24-18)12-22-14(2)10-15-6-4-5-7-17(15)22/h4-9,13-14,20H,10-12H2,1-3H3,(H,21,23). The highest BCUT2D eigenvalue weighted by atomic mass is 16.3. The third-order valence-corrected chi connectivity index (χ3v) is 4.70. The molecule has 2 atom stereocenters. The van der Waals surface area contributed by atoms with Gasteiger partial charge in [-0.2, -0.15) is 0 Å². The molecule has 2 unspecified atom stereocenters. The highest BCUT2D eigenvalue weighted by Crippen LogP contribution is 2.33. The van der Waals surface area contributed by atoms with Gasteiger partial charge in [-0.15, -0.1) is 0 Å². The first-order chi connectivity index (χ1) is 11.6. The summed E-state index contributed by atoms with van der Waals surface area (Å²) in [5.41, 5.74) is 3.54. The predicted octanol–water partition coefficient (Wildman–Crippen LogP) is 2.57. The van der Waals surface area contributed by atoms with E-state index in [0.29, 0.717) is 24.9 Å². The summed E-state index contributed by atoms with van der Waals surface area (Å²) in [7, 11) is 1.88. The Labute approximate surface area is 143 Å². The number of nitrogens with zero attached hydrogens (tertiary/aromatic N) is 1. The fraction of sp³-hybridized carbons (Fsp3) is 0.421. The first kappa shape index (κ1) is 16.6. The maximum Gasteiger partial charge on any atom is 0.287 e. The molecule has 0 spiro atoms. The van der Waals surface area contributed by atoms with Gasteiger partial charge in [0.1, 0.15) is 0 Å². The van der Waals surface area contributed by atoms with Crippen molar-refractivity contribution in [2.45, 2.75) is 38.9 Å². The van der Waals surface area contributed by atoms with Crippen molar-refractivity contribution >= 4 is 11.6 Å². The van der Waals surface area contributed by atoms with Gasteiger partial charge in [0.25, 0.3) is 5.91 Å². The number of carbonyl (C=O) groups excluding carboxylic acids is 1. The van der Waals surface area contributed by atoms with E-state index in [1.165, 1.54) is 11.3 Å². The van der Waals surface area contributed by atoms with Crippen LogP contribution < -0.4 is 15.5 Å². The van der Waals surface area contributed by atoms with Gasteiger partial charge in [-0.05, 0) is 45.0 Å². The van der Waals surface area contributed by atoms with Gasteiger partial charge in [-0.25, -0.2) is 0 Å². The maximum absolute atomic E-state index is 12.4. The van der Waals surface area contributed by atoms with Gasteiger partial charge in [0, 0.05) is 36.4 Å². The lowest BCUT2D eigenvalue weighted by molar-refractivity contribution is 0.0921. The van der Waals surface area contributed by atoms with Crippen LogP contribution in [0.4, 0.5) is 5.69 Å². The van der Waals surface area contributed by atoms with Crippen LogP contribution >= 0.6 is 0 Å². The molecule has 1 aromatic carbocycles. The van der Waals surface area contributed by atoms with Crippen molar-refractivity contribution in [2.75, 3.05) is 18.5 Å². The lowest BCUT2D eigenvalue weighted by atomic mass is 10.1. The van der Waals surface area contributed by atoms with E-state index in [0.717, 1.165) is 12.0 Å². The molecule has 2 aromatic rings. The molecule has 3 rings (SSSR count). The Kier molecular flexibility index (Phi) is 4.90. The Bertz CT molecular complexity index is 710. The van der Waals surface area contributed by atoms with Crippen LogP contribution in [-0.4, -0.2) is 31.6 Å². The second-order valence-electron chi connectivity index (χ2n) is 6.48. The number of hydrogen-bond donors (Lipinski definition) is 2. The van der Waals surface area contributed by atoms with E-state index in [2.05, 4.69) is 46.7 Å². The summed E-state index contributed by atoms with van der Waals surface area (Å²) in [6.45, 7) is 5.48. The number of amides is 1. The number of fused-ring (bicyclic) bond motifs is 1. The number of benzene rings is 1. The number of likely N-dealkylation sites (N-methyl/N-ethyl adjacent to an activating group) is 1. The average Bonchev–Trinajstić information content (AvgIpc) is 3.17. The summed E-state index contributed by atoms with van der Waals surface area (Å²) in [6.07, 6.45) is 2.63. The van der Waals surface area contributed by atoms with E-state index in [1.807, 2.05) is 20.0 Å². The molecule has 0 saturated heterocycles. The minimum absolute atomic E-state index is 0.155. The largest absolute Gasteiger partial charge is 0.459 e. The Balaban J connectivity index is 1.73. The fourth-order valence-corrected chi connectivity index (χ4v) is 3.14. The summed E-state index contributed by atoms with van der Waals surface area (Å²) in [5.74, 6) is 0.257. The summed E-state index contributed by atoms with van der Waals surface area (Å²) in [5, 5.41) is 6.02. The third-order valence-electron chi connectivity index (χ3n) is 4.70. The number of nitrogens with one attached hydrogen (secondary N) is 2. The van der Waals surface area contributed by atoms with E-state index < -0.39 is 0 Å². The average molecular weight is 327 g/mol. The van der Waals surface area contributed by atoms with Gasteiger partial charge in [-0.1, -0.05) is 18.2 Å². The van der Waals surface area contributed by atoms with E-state index >= 15 is 0 Å². The van der Waals surface area contributed by atoms with Crippen LogP contribution in [0, 0.1) is 0 Å². The Morgan fingerprint density at radius 2 is 2.17 bits per heavy atom. The molecule has 128 valence electrons. The Morgan fingerprint density at radius 3 is 2.96 bits per heavy atom. The van der Waals surface area contributed by atoms with Crippen LogP contribution in [0.15, 0.2) is 41.0 Å². The molecule has 0 radical (unpaired) electrons. The van der Waals surface area contributed by atoms with E-state index in [-0.39, 0.29) is 11.9 Å². The van der Waals surface area contributed by atoms with E-state index in [4.69, 9.17) is 4.42 Å². The molecule has 24 heavy (non-hydrogen) atoms. The maximum atomic E-state index is 12.4. The number of rotatable bonds is 6. The first-order valence-electron chi connectivity index (χ1n) is 8.46. The highest BCUT2D eigenvalue weighted by molar-refractivity contribution is 5.93. The van der Waals surface area contributed by atoms with Crippen LogP contribution in [0.25, 0.3) is 0 Å². The van der Waals surface area contributed by atoms with Crippen molar-refractivity contribution in [2.24, 2.45) is 0 Å². The smallest absolute Gasteiger partial charge is 0.287 e. The second-order valence-corrected chi connectivity index (χ2v) is 6.48. The summed E-state index contributed by atoms with van der Waals surface area (Å²) < 4.78 is 5.47. The lowest BCUT2D eigenvalue weighted by Crippen LogP contribution is -2.37. The zero-order valence-electron chi connectivity index (χ0n) is 14.5. The van der Waals surface area contributed by atoms with Crippen molar-refractivity contribution in [1.82, 2.24) is 10.6 Å². The number of para-hydroxylation sites is 1. The fourth-order valence-electron chi connectivity index (χ4n) is 3.14. The van der Waals surface area contributed by atoms with Gasteiger partial charge in [-0.3, -0.25) is 4.79 Å². The van der Waals surface area contributed by atoms with Crippen molar-refractivity contribution in [1.29, 1.82) is 0 Å². The molecule has 0 bridgehead atoms. The quantitative estimate of drug-likeness (QED) is 0.856. The summed E-state index contributed by atoms with van der Waals surface area (Å²) >= 11 is 0. The second kappa shape index (κ2) is 7.09. The highest BCUT2D eigenvalue weighted by Gasteiger charge is 2.27. The molecule has 1 aliphatic heterocycles. The molecular formula is C19H25N3O2. The molecule has 0 fully saturated rings. The first-order valence-corrected chi connectivity index (χ1v) is 8.46. The number of hydrogen-bond acceptors (Lipinski definition) is 4. The molecule has 1 aliphatic rings. The van der Waals surface area contributed by atoms with Crippen molar-refractivity contribution in [3.8, 4) is 0 Å². The molecule has 2 heterocycles. The molecule has 0 saturated carbocycles. The minimum atomic E-state index is -0.155. The van der Waals surface area contributed by atoms with Crippen LogP contribution in [0.2, 0.25) is 0 Å². The molecular weight excluding hydrogens is 302 g/mol. The SMILES string of the molecule is CNC(C)CNC(=O)c1occc1CN1c2ccccc2CC1C. The third kappa shape index (κ3) is 3.31. The summed E-state index contributed by atoms with van der Waals surface area (Å²) in [6, 6.07) is 11.0.